The first-order valence-electron chi connectivity index (χ1n) is 6.94. The fraction of sp³-hybridized carbons (Fsp3) is 0.929. The summed E-state index contributed by atoms with van der Waals surface area (Å²) in [4.78, 5) is 2.40. The Kier molecular flexibility index (Phi) is 5.42. The third-order valence-corrected chi connectivity index (χ3v) is 3.60. The van der Waals surface area contributed by atoms with Crippen LogP contribution in [0.1, 0.15) is 47.0 Å². The van der Waals surface area contributed by atoms with Crippen LogP contribution in [0.25, 0.3) is 0 Å². The van der Waals surface area contributed by atoms with Crippen LogP contribution in [-0.4, -0.2) is 36.1 Å². The van der Waals surface area contributed by atoms with E-state index >= 15 is 0 Å². The normalized spacial score (nSPS) is 20.9. The van der Waals surface area contributed by atoms with Crippen molar-refractivity contribution in [3.63, 3.8) is 0 Å². The molecule has 0 bridgehead atoms. The first kappa shape index (κ1) is 14.5. The van der Waals surface area contributed by atoms with E-state index in [1.807, 2.05) is 6.92 Å². The van der Waals surface area contributed by atoms with E-state index in [9.17, 15) is 5.26 Å². The highest BCUT2D eigenvalue weighted by molar-refractivity contribution is 5.08. The van der Waals surface area contributed by atoms with E-state index in [1.165, 1.54) is 19.3 Å². The van der Waals surface area contributed by atoms with E-state index in [2.05, 4.69) is 37.1 Å². The van der Waals surface area contributed by atoms with Crippen LogP contribution in [0.5, 0.6) is 0 Å². The van der Waals surface area contributed by atoms with Gasteiger partial charge in [0.25, 0.3) is 0 Å². The zero-order chi connectivity index (χ0) is 12.9. The Labute approximate surface area is 106 Å². The Morgan fingerprint density at radius 3 is 2.53 bits per heavy atom. The highest BCUT2D eigenvalue weighted by Crippen LogP contribution is 2.23. The molecule has 0 aliphatic heterocycles. The maximum atomic E-state index is 9.36. The van der Waals surface area contributed by atoms with Gasteiger partial charge in [0, 0.05) is 19.1 Å². The smallest absolute Gasteiger partial charge is 0.116 e. The van der Waals surface area contributed by atoms with Crippen LogP contribution >= 0.6 is 0 Å². The fourth-order valence-electron chi connectivity index (χ4n) is 2.11. The summed E-state index contributed by atoms with van der Waals surface area (Å²) >= 11 is 0. The maximum absolute atomic E-state index is 9.36. The van der Waals surface area contributed by atoms with Gasteiger partial charge in [-0.25, -0.2) is 0 Å². The van der Waals surface area contributed by atoms with Crippen molar-refractivity contribution < 1.29 is 0 Å². The summed E-state index contributed by atoms with van der Waals surface area (Å²) < 4.78 is 0. The molecule has 1 fully saturated rings. The molecule has 17 heavy (non-hydrogen) atoms. The molecule has 98 valence electrons. The molecule has 1 aliphatic rings. The average Bonchev–Trinajstić information content (AvgIpc) is 3.11. The lowest BCUT2D eigenvalue weighted by atomic mass is 10.0. The van der Waals surface area contributed by atoms with Crippen molar-refractivity contribution >= 4 is 0 Å². The number of nitrogens with one attached hydrogen (secondary N) is 1. The molecule has 0 saturated heterocycles. The molecule has 2 unspecified atom stereocenters. The Morgan fingerprint density at radius 2 is 2.12 bits per heavy atom. The second-order valence-electron chi connectivity index (χ2n) is 5.70. The highest BCUT2D eigenvalue weighted by atomic mass is 15.2. The zero-order valence-electron chi connectivity index (χ0n) is 11.8. The van der Waals surface area contributed by atoms with Gasteiger partial charge in [0.1, 0.15) is 5.54 Å². The molecule has 3 heteroatoms. The molecule has 0 radical (unpaired) electrons. The molecule has 0 heterocycles. The lowest BCUT2D eigenvalue weighted by Crippen LogP contribution is -2.52. The number of hydrogen-bond donors (Lipinski definition) is 1. The summed E-state index contributed by atoms with van der Waals surface area (Å²) in [5.41, 5.74) is -0.384. The van der Waals surface area contributed by atoms with Crippen LogP contribution in [0.15, 0.2) is 0 Å². The minimum absolute atomic E-state index is 0.384. The SMILES string of the molecule is CCC(C)CN(CC)CC(C)(C#N)NC1CC1. The number of hydrogen-bond acceptors (Lipinski definition) is 3. The second kappa shape index (κ2) is 6.37. The molecule has 3 nitrogen and oxygen atoms in total. The third-order valence-electron chi connectivity index (χ3n) is 3.60. The second-order valence-corrected chi connectivity index (χ2v) is 5.70. The van der Waals surface area contributed by atoms with Gasteiger partial charge in [0.05, 0.1) is 6.07 Å². The van der Waals surface area contributed by atoms with Gasteiger partial charge in [-0.05, 0) is 32.2 Å². The van der Waals surface area contributed by atoms with Crippen LogP contribution in [0.2, 0.25) is 0 Å². The summed E-state index contributed by atoms with van der Waals surface area (Å²) in [7, 11) is 0. The highest BCUT2D eigenvalue weighted by Gasteiger charge is 2.33. The van der Waals surface area contributed by atoms with Crippen molar-refractivity contribution in [1.29, 1.82) is 5.26 Å². The van der Waals surface area contributed by atoms with Crippen molar-refractivity contribution in [2.24, 2.45) is 5.92 Å². The van der Waals surface area contributed by atoms with Gasteiger partial charge < -0.3 is 4.90 Å². The molecule has 1 rings (SSSR count). The predicted octanol–water partition coefficient (Wildman–Crippen LogP) is 2.39. The van der Waals surface area contributed by atoms with Gasteiger partial charge in [-0.15, -0.1) is 0 Å². The van der Waals surface area contributed by atoms with Crippen molar-refractivity contribution in [2.45, 2.75) is 58.5 Å². The Balaban J connectivity index is 2.48. The topological polar surface area (TPSA) is 39.1 Å². The first-order chi connectivity index (χ1) is 8.03. The molecular weight excluding hydrogens is 210 g/mol. The van der Waals surface area contributed by atoms with Gasteiger partial charge in [-0.2, -0.15) is 5.26 Å². The third kappa shape index (κ3) is 5.06. The van der Waals surface area contributed by atoms with Crippen LogP contribution < -0.4 is 5.32 Å². The summed E-state index contributed by atoms with van der Waals surface area (Å²) in [6, 6.07) is 3.04. The molecule has 1 aliphatic carbocycles. The van der Waals surface area contributed by atoms with E-state index in [-0.39, 0.29) is 5.54 Å². The van der Waals surface area contributed by atoms with Crippen LogP contribution in [-0.2, 0) is 0 Å². The van der Waals surface area contributed by atoms with Crippen LogP contribution in [0.3, 0.4) is 0 Å². The molecule has 0 aromatic carbocycles. The van der Waals surface area contributed by atoms with Crippen molar-refractivity contribution in [1.82, 2.24) is 10.2 Å². The molecule has 0 spiro atoms. The summed E-state index contributed by atoms with van der Waals surface area (Å²) in [6.45, 7) is 11.7. The number of likely N-dealkylation sites (N-methyl/N-ethyl adjacent to an activating group) is 1. The summed E-state index contributed by atoms with van der Waals surface area (Å²) in [5, 5.41) is 12.8. The number of nitrogens with zero attached hydrogens (tertiary/aromatic N) is 2. The van der Waals surface area contributed by atoms with E-state index in [0.717, 1.165) is 19.6 Å². The maximum Gasteiger partial charge on any atom is 0.116 e. The van der Waals surface area contributed by atoms with Gasteiger partial charge >= 0.3 is 0 Å². The Hall–Kier alpha value is -0.590. The number of nitriles is 1. The molecule has 0 aromatic heterocycles. The lowest BCUT2D eigenvalue weighted by molar-refractivity contribution is 0.200. The van der Waals surface area contributed by atoms with Crippen molar-refractivity contribution in [2.75, 3.05) is 19.6 Å². The summed E-state index contributed by atoms with van der Waals surface area (Å²) in [6.07, 6.45) is 3.67. The average molecular weight is 237 g/mol. The zero-order valence-corrected chi connectivity index (χ0v) is 11.8. The molecule has 0 aromatic rings. The van der Waals surface area contributed by atoms with Crippen molar-refractivity contribution in [3.05, 3.63) is 0 Å². The number of rotatable bonds is 8. The van der Waals surface area contributed by atoms with Gasteiger partial charge in [0.2, 0.25) is 0 Å². The van der Waals surface area contributed by atoms with Gasteiger partial charge in [-0.1, -0.05) is 27.2 Å². The Morgan fingerprint density at radius 1 is 1.47 bits per heavy atom. The molecule has 2 atom stereocenters. The van der Waals surface area contributed by atoms with E-state index < -0.39 is 0 Å². The van der Waals surface area contributed by atoms with Gasteiger partial charge in [0.15, 0.2) is 0 Å². The standard InChI is InChI=1S/C14H27N3/c1-5-12(3)9-17(6-2)11-14(4,10-15)16-13-7-8-13/h12-13,16H,5-9,11H2,1-4H3. The minimum atomic E-state index is -0.384. The quantitative estimate of drug-likeness (QED) is 0.704. The molecule has 0 amide bonds. The van der Waals surface area contributed by atoms with Crippen LogP contribution in [0.4, 0.5) is 0 Å². The summed E-state index contributed by atoms with van der Waals surface area (Å²) in [5.74, 6) is 0.707. The molecule has 1 N–H and O–H groups in total. The van der Waals surface area contributed by atoms with Crippen LogP contribution in [0, 0.1) is 17.2 Å². The molecule has 1 saturated carbocycles. The van der Waals surface area contributed by atoms with E-state index in [1.54, 1.807) is 0 Å². The van der Waals surface area contributed by atoms with E-state index in [0.29, 0.717) is 12.0 Å². The van der Waals surface area contributed by atoms with Crippen molar-refractivity contribution in [3.8, 4) is 6.07 Å². The first-order valence-corrected chi connectivity index (χ1v) is 6.94. The minimum Gasteiger partial charge on any atom is -0.300 e. The molecular formula is C14H27N3. The largest absolute Gasteiger partial charge is 0.300 e. The fourth-order valence-corrected chi connectivity index (χ4v) is 2.11. The predicted molar refractivity (Wildman–Crippen MR) is 71.7 cm³/mol. The van der Waals surface area contributed by atoms with Gasteiger partial charge in [-0.3, -0.25) is 5.32 Å². The monoisotopic (exact) mass is 237 g/mol. The van der Waals surface area contributed by atoms with E-state index in [4.69, 9.17) is 0 Å². The lowest BCUT2D eigenvalue weighted by Gasteiger charge is -2.32. The Bertz CT molecular complexity index is 267.